The Labute approximate surface area is 241 Å². The molecule has 1 aromatic carbocycles. The Balaban J connectivity index is 1.20. The first-order chi connectivity index (χ1) is 20.2. The number of alkyl halides is 2. The molecule has 0 bridgehead atoms. The second-order valence-electron chi connectivity index (χ2n) is 10.0. The van der Waals surface area contributed by atoms with Gasteiger partial charge < -0.3 is 10.4 Å². The molecule has 1 saturated carbocycles. The summed E-state index contributed by atoms with van der Waals surface area (Å²) in [4.78, 5) is 43.6. The Bertz CT molecular complexity index is 1720. The van der Waals surface area contributed by atoms with E-state index < -0.39 is 35.3 Å². The van der Waals surface area contributed by atoms with E-state index in [-0.39, 0.29) is 46.5 Å². The Hall–Kier alpha value is -4.43. The summed E-state index contributed by atoms with van der Waals surface area (Å²) >= 11 is 5.80. The summed E-state index contributed by atoms with van der Waals surface area (Å²) in [6.07, 6.45) is 4.49. The number of fused-ring (bicyclic) bond motifs is 1. The summed E-state index contributed by atoms with van der Waals surface area (Å²) in [5.41, 5.74) is -0.543. The first-order valence-corrected chi connectivity index (χ1v) is 13.3. The second kappa shape index (κ2) is 10.8. The van der Waals surface area contributed by atoms with Gasteiger partial charge in [0.1, 0.15) is 5.69 Å². The number of hydrogen-bond acceptors (Lipinski definition) is 8. The van der Waals surface area contributed by atoms with E-state index in [0.717, 1.165) is 30.9 Å². The lowest BCUT2D eigenvalue weighted by molar-refractivity contribution is -0.118. The molecule has 11 nitrogen and oxygen atoms in total. The maximum atomic E-state index is 14.7. The molecule has 15 heteroatoms. The van der Waals surface area contributed by atoms with Crippen LogP contribution in [0.25, 0.3) is 11.3 Å². The third-order valence-corrected chi connectivity index (χ3v) is 7.69. The fourth-order valence-electron chi connectivity index (χ4n) is 5.03. The van der Waals surface area contributed by atoms with E-state index in [9.17, 15) is 27.9 Å². The van der Waals surface area contributed by atoms with Crippen molar-refractivity contribution in [3.63, 3.8) is 0 Å². The third-order valence-electron chi connectivity index (χ3n) is 7.39. The number of carbonyl (C=O) groups excluding carboxylic acids is 2. The zero-order chi connectivity index (χ0) is 29.7. The van der Waals surface area contributed by atoms with Crippen molar-refractivity contribution < 1.29 is 27.9 Å². The molecular weight excluding hydrogens is 577 g/mol. The number of nitrogens with zero attached hydrogens (tertiary/aromatic N) is 7. The number of benzene rings is 1. The average Bonchev–Trinajstić information content (AvgIpc) is 3.49. The molecule has 4 aromatic rings. The van der Waals surface area contributed by atoms with Crippen LogP contribution in [0.3, 0.4) is 0 Å². The molecule has 2 fully saturated rings. The monoisotopic (exact) mass is 598 g/mol. The molecule has 4 heterocycles. The predicted molar refractivity (Wildman–Crippen MR) is 143 cm³/mol. The van der Waals surface area contributed by atoms with Gasteiger partial charge in [-0.25, -0.2) is 28.1 Å². The highest BCUT2D eigenvalue weighted by Crippen LogP contribution is 2.46. The number of hydrogen-bond donors (Lipinski definition) is 2. The lowest BCUT2D eigenvalue weighted by Gasteiger charge is -2.20. The van der Waals surface area contributed by atoms with Gasteiger partial charge in [-0.15, -0.1) is 0 Å². The predicted octanol–water partition coefficient (Wildman–Crippen LogP) is 4.20. The van der Waals surface area contributed by atoms with Crippen molar-refractivity contribution in [2.24, 2.45) is 11.8 Å². The van der Waals surface area contributed by atoms with Crippen LogP contribution in [0.4, 0.5) is 24.8 Å². The van der Waals surface area contributed by atoms with Crippen LogP contribution in [-0.2, 0) is 11.4 Å². The van der Waals surface area contributed by atoms with Gasteiger partial charge in [0.15, 0.2) is 5.82 Å². The number of piperidine rings is 1. The third kappa shape index (κ3) is 4.96. The molecule has 3 unspecified atom stereocenters. The van der Waals surface area contributed by atoms with E-state index in [0.29, 0.717) is 23.7 Å². The highest BCUT2D eigenvalue weighted by Gasteiger charge is 2.53. The first-order valence-electron chi connectivity index (χ1n) is 12.9. The Morgan fingerprint density at radius 1 is 1.19 bits per heavy atom. The van der Waals surface area contributed by atoms with Crippen LogP contribution in [-0.4, -0.2) is 53.2 Å². The summed E-state index contributed by atoms with van der Waals surface area (Å²) in [6.45, 7) is 1.98. The standard InChI is InChI=1S/C27H22ClF3N8O3/c1-12(17-6-33-27(37-21(17)11-40)38-9-13-4-16(13)26(38)42)39-10-14(5-34-39)35-25(41)20-8-32-7-19(36-20)22-15(24(30)31)2-3-18(28)23(22)29/h2-3,5-8,10,12-13,16,24,40H,4,9,11H2,1H3,(H,35,41). The van der Waals surface area contributed by atoms with Gasteiger partial charge >= 0.3 is 0 Å². The minimum absolute atomic E-state index is 0.000428. The highest BCUT2D eigenvalue weighted by molar-refractivity contribution is 6.31. The normalized spacial score (nSPS) is 18.4. The average molecular weight is 599 g/mol. The van der Waals surface area contributed by atoms with Gasteiger partial charge in [0.2, 0.25) is 11.9 Å². The van der Waals surface area contributed by atoms with E-state index in [1.807, 2.05) is 0 Å². The van der Waals surface area contributed by atoms with E-state index in [1.165, 1.54) is 17.1 Å². The van der Waals surface area contributed by atoms with Gasteiger partial charge in [0.25, 0.3) is 12.3 Å². The van der Waals surface area contributed by atoms with Gasteiger partial charge in [-0.3, -0.25) is 24.2 Å². The number of aromatic nitrogens is 6. The van der Waals surface area contributed by atoms with Crippen LogP contribution in [0.5, 0.6) is 0 Å². The van der Waals surface area contributed by atoms with Crippen molar-refractivity contribution in [1.29, 1.82) is 0 Å². The number of halogens is 4. The SMILES string of the molecule is CC(c1cnc(N2CC3CC3C2=O)nc1CO)n1cc(NC(=O)c2cncc(-c3c(C(F)F)ccc(Cl)c3F)n2)cn1. The molecule has 2 N–H and O–H groups in total. The molecule has 1 aliphatic heterocycles. The maximum Gasteiger partial charge on any atom is 0.275 e. The zero-order valence-electron chi connectivity index (χ0n) is 21.9. The maximum absolute atomic E-state index is 14.7. The molecule has 2 aliphatic rings. The van der Waals surface area contributed by atoms with Crippen molar-refractivity contribution in [3.05, 3.63) is 76.5 Å². The Kier molecular flexibility index (Phi) is 7.10. The van der Waals surface area contributed by atoms with Gasteiger partial charge in [-0.1, -0.05) is 17.7 Å². The summed E-state index contributed by atoms with van der Waals surface area (Å²) in [5, 5.41) is 16.5. The number of rotatable bonds is 8. The molecule has 216 valence electrons. The van der Waals surface area contributed by atoms with Crippen molar-refractivity contribution in [1.82, 2.24) is 29.7 Å². The number of amides is 2. The van der Waals surface area contributed by atoms with Crippen molar-refractivity contribution in [2.75, 3.05) is 16.8 Å². The van der Waals surface area contributed by atoms with E-state index in [2.05, 4.69) is 30.4 Å². The van der Waals surface area contributed by atoms with Gasteiger partial charge in [-0.2, -0.15) is 5.10 Å². The molecular formula is C27H22ClF3N8O3. The Morgan fingerprint density at radius 2 is 2.00 bits per heavy atom. The van der Waals surface area contributed by atoms with Crippen LogP contribution in [0, 0.1) is 17.7 Å². The highest BCUT2D eigenvalue weighted by atomic mass is 35.5. The van der Waals surface area contributed by atoms with Crippen LogP contribution in [0.1, 0.15) is 53.1 Å². The van der Waals surface area contributed by atoms with Crippen LogP contribution < -0.4 is 10.2 Å². The molecule has 6 rings (SSSR count). The topological polar surface area (TPSA) is 139 Å². The van der Waals surface area contributed by atoms with Crippen LogP contribution >= 0.6 is 11.6 Å². The number of carbonyl (C=O) groups is 2. The van der Waals surface area contributed by atoms with Gasteiger partial charge in [0, 0.05) is 41.5 Å². The molecule has 42 heavy (non-hydrogen) atoms. The molecule has 0 spiro atoms. The van der Waals surface area contributed by atoms with Crippen molar-refractivity contribution in [3.8, 4) is 11.3 Å². The summed E-state index contributed by atoms with van der Waals surface area (Å²) in [7, 11) is 0. The fraction of sp³-hybridized carbons (Fsp3) is 0.296. The quantitative estimate of drug-likeness (QED) is 0.308. The van der Waals surface area contributed by atoms with Crippen LogP contribution in [0.2, 0.25) is 5.02 Å². The zero-order valence-corrected chi connectivity index (χ0v) is 22.6. The summed E-state index contributed by atoms with van der Waals surface area (Å²) < 4.78 is 43.3. The lowest BCUT2D eigenvalue weighted by atomic mass is 10.0. The number of nitrogens with one attached hydrogen (secondary N) is 1. The largest absolute Gasteiger partial charge is 0.390 e. The van der Waals surface area contributed by atoms with Crippen molar-refractivity contribution >= 4 is 35.1 Å². The van der Waals surface area contributed by atoms with Gasteiger partial charge in [-0.05, 0) is 25.3 Å². The molecule has 2 amide bonds. The van der Waals surface area contributed by atoms with E-state index in [4.69, 9.17) is 11.6 Å². The minimum atomic E-state index is -3.01. The number of anilines is 2. The van der Waals surface area contributed by atoms with E-state index >= 15 is 0 Å². The molecule has 0 radical (unpaired) electrons. The Morgan fingerprint density at radius 3 is 2.71 bits per heavy atom. The lowest BCUT2D eigenvalue weighted by Crippen LogP contribution is -2.30. The molecule has 1 saturated heterocycles. The smallest absolute Gasteiger partial charge is 0.275 e. The number of aliphatic hydroxyl groups is 1. The first kappa shape index (κ1) is 27.7. The molecule has 3 aromatic heterocycles. The van der Waals surface area contributed by atoms with Gasteiger partial charge in [0.05, 0.1) is 53.3 Å². The minimum Gasteiger partial charge on any atom is -0.390 e. The summed E-state index contributed by atoms with van der Waals surface area (Å²) in [6, 6.07) is 1.55. The van der Waals surface area contributed by atoms with Crippen molar-refractivity contribution in [2.45, 2.75) is 32.4 Å². The fourth-order valence-corrected chi connectivity index (χ4v) is 5.19. The number of aliphatic hydroxyl groups excluding tert-OH is 1. The van der Waals surface area contributed by atoms with E-state index in [1.54, 1.807) is 18.0 Å². The molecule has 3 atom stereocenters. The summed E-state index contributed by atoms with van der Waals surface area (Å²) in [5.74, 6) is -1.20. The van der Waals surface area contributed by atoms with Crippen LogP contribution in [0.15, 0.2) is 43.1 Å². The second-order valence-corrected chi connectivity index (χ2v) is 10.4. The molecule has 1 aliphatic carbocycles.